The number of carboxylic acid groups (broad SMARTS) is 1. The summed E-state index contributed by atoms with van der Waals surface area (Å²) in [5.74, 6) is -0.903. The number of aryl methyl sites for hydroxylation is 2. The second-order valence-electron chi connectivity index (χ2n) is 5.50. The summed E-state index contributed by atoms with van der Waals surface area (Å²) in [5.41, 5.74) is 3.64. The minimum absolute atomic E-state index is 0.0209. The Hall–Kier alpha value is -3.22. The second kappa shape index (κ2) is 6.11. The van der Waals surface area contributed by atoms with Gasteiger partial charge in [-0.25, -0.2) is 0 Å². The van der Waals surface area contributed by atoms with Crippen LogP contribution in [-0.4, -0.2) is 26.0 Å². The molecule has 7 heteroatoms. The molecular weight excluding hydrogens is 310 g/mol. The van der Waals surface area contributed by atoms with E-state index >= 15 is 0 Å². The molecule has 0 bridgehead atoms. The van der Waals surface area contributed by atoms with E-state index in [4.69, 9.17) is 5.11 Å². The number of nitro benzene ring substituents is 1. The number of aromatic nitrogens is 2. The highest BCUT2D eigenvalue weighted by Crippen LogP contribution is 2.38. The number of hydrogen-bond donors (Lipinski definition) is 2. The van der Waals surface area contributed by atoms with Crippen LogP contribution in [0.2, 0.25) is 0 Å². The van der Waals surface area contributed by atoms with Gasteiger partial charge >= 0.3 is 5.97 Å². The van der Waals surface area contributed by atoms with Crippen LogP contribution in [0.25, 0.3) is 22.0 Å². The van der Waals surface area contributed by atoms with E-state index in [0.717, 1.165) is 22.4 Å². The number of hydrogen-bond acceptors (Lipinski definition) is 4. The maximum atomic E-state index is 11.3. The molecule has 0 radical (unpaired) electrons. The van der Waals surface area contributed by atoms with Gasteiger partial charge in [0.1, 0.15) is 5.52 Å². The van der Waals surface area contributed by atoms with Crippen molar-refractivity contribution in [1.82, 2.24) is 9.97 Å². The smallest absolute Gasteiger partial charge is 0.303 e. The molecule has 0 amide bonds. The predicted molar refractivity (Wildman–Crippen MR) is 88.9 cm³/mol. The van der Waals surface area contributed by atoms with E-state index in [9.17, 15) is 14.9 Å². The highest BCUT2D eigenvalue weighted by molar-refractivity contribution is 6.03. The SMILES string of the molecule is Cc1[nH]c2c([N+](=O)[O-])ccc(-c3ccncc3)c2c1CCC(=O)O. The third kappa shape index (κ3) is 2.71. The highest BCUT2D eigenvalue weighted by atomic mass is 16.6. The molecular formula is C17H15N3O4. The summed E-state index contributed by atoms with van der Waals surface area (Å²) in [6.45, 7) is 1.80. The molecule has 122 valence electrons. The van der Waals surface area contributed by atoms with E-state index in [-0.39, 0.29) is 12.1 Å². The molecule has 0 saturated carbocycles. The van der Waals surface area contributed by atoms with Crippen molar-refractivity contribution >= 4 is 22.6 Å². The van der Waals surface area contributed by atoms with Crippen molar-refractivity contribution in [2.45, 2.75) is 19.8 Å². The third-order valence-electron chi connectivity index (χ3n) is 4.03. The molecule has 0 spiro atoms. The lowest BCUT2D eigenvalue weighted by Gasteiger charge is -2.07. The van der Waals surface area contributed by atoms with Crippen molar-refractivity contribution < 1.29 is 14.8 Å². The Morgan fingerprint density at radius 3 is 2.62 bits per heavy atom. The number of non-ortho nitro benzene ring substituents is 1. The Morgan fingerprint density at radius 1 is 1.29 bits per heavy atom. The Balaban J connectivity index is 2.30. The van der Waals surface area contributed by atoms with Gasteiger partial charge in [-0.2, -0.15) is 0 Å². The molecule has 0 fully saturated rings. The minimum atomic E-state index is -0.903. The van der Waals surface area contributed by atoms with E-state index in [1.807, 2.05) is 12.1 Å². The Labute approximate surface area is 137 Å². The standard InChI is InChI=1S/C17H15N3O4/c1-10-12(3-5-15(21)22)16-13(11-6-8-18-9-7-11)2-4-14(20(23)24)17(16)19-10/h2,4,6-9,19H,3,5H2,1H3,(H,21,22). The number of carboxylic acids is 1. The zero-order chi connectivity index (χ0) is 17.3. The largest absolute Gasteiger partial charge is 0.481 e. The van der Waals surface area contributed by atoms with Crippen LogP contribution in [0.4, 0.5) is 5.69 Å². The number of benzene rings is 1. The van der Waals surface area contributed by atoms with Crippen LogP contribution in [0.5, 0.6) is 0 Å². The summed E-state index contributed by atoms with van der Waals surface area (Å²) in [6.07, 6.45) is 3.57. The molecule has 0 aliphatic heterocycles. The average molecular weight is 325 g/mol. The van der Waals surface area contributed by atoms with Gasteiger partial charge in [0, 0.05) is 36.0 Å². The first-order valence-electron chi connectivity index (χ1n) is 7.39. The Kier molecular flexibility index (Phi) is 3.99. The Bertz CT molecular complexity index is 932. The van der Waals surface area contributed by atoms with E-state index in [1.165, 1.54) is 6.07 Å². The molecule has 2 N–H and O–H groups in total. The van der Waals surface area contributed by atoms with Gasteiger partial charge in [-0.1, -0.05) is 0 Å². The molecule has 0 aliphatic rings. The number of aromatic amines is 1. The topological polar surface area (TPSA) is 109 Å². The van der Waals surface area contributed by atoms with Gasteiger partial charge in [0.2, 0.25) is 0 Å². The molecule has 0 saturated heterocycles. The van der Waals surface area contributed by atoms with Crippen molar-refractivity contribution in [2.75, 3.05) is 0 Å². The van der Waals surface area contributed by atoms with Gasteiger partial charge in [0.05, 0.1) is 4.92 Å². The van der Waals surface area contributed by atoms with E-state index in [0.29, 0.717) is 17.3 Å². The molecule has 1 aromatic carbocycles. The number of rotatable bonds is 5. The number of pyridine rings is 1. The second-order valence-corrected chi connectivity index (χ2v) is 5.50. The summed E-state index contributed by atoms with van der Waals surface area (Å²) in [7, 11) is 0. The van der Waals surface area contributed by atoms with Crippen molar-refractivity contribution in [3.63, 3.8) is 0 Å². The van der Waals surface area contributed by atoms with Gasteiger partial charge < -0.3 is 10.1 Å². The average Bonchev–Trinajstić information content (AvgIpc) is 2.88. The van der Waals surface area contributed by atoms with Crippen molar-refractivity contribution in [1.29, 1.82) is 0 Å². The quantitative estimate of drug-likeness (QED) is 0.551. The number of carbonyl (C=O) groups is 1. The summed E-state index contributed by atoms with van der Waals surface area (Å²) >= 11 is 0. The van der Waals surface area contributed by atoms with Crippen LogP contribution in [0.15, 0.2) is 36.7 Å². The van der Waals surface area contributed by atoms with Crippen LogP contribution >= 0.6 is 0 Å². The van der Waals surface area contributed by atoms with Gasteiger partial charge in [0.15, 0.2) is 0 Å². The normalized spacial score (nSPS) is 10.9. The van der Waals surface area contributed by atoms with Crippen LogP contribution in [0, 0.1) is 17.0 Å². The lowest BCUT2D eigenvalue weighted by Crippen LogP contribution is -1.98. The number of aliphatic carboxylic acids is 1. The molecule has 0 aliphatic carbocycles. The minimum Gasteiger partial charge on any atom is -0.481 e. The number of nitrogens with one attached hydrogen (secondary N) is 1. The summed E-state index contributed by atoms with van der Waals surface area (Å²) < 4.78 is 0. The summed E-state index contributed by atoms with van der Waals surface area (Å²) in [6, 6.07) is 6.82. The lowest BCUT2D eigenvalue weighted by atomic mass is 9.96. The van der Waals surface area contributed by atoms with Gasteiger partial charge in [0.25, 0.3) is 5.69 Å². The molecule has 0 atom stereocenters. The maximum Gasteiger partial charge on any atom is 0.303 e. The fourth-order valence-corrected chi connectivity index (χ4v) is 2.95. The first-order valence-corrected chi connectivity index (χ1v) is 7.39. The molecule has 2 heterocycles. The van der Waals surface area contributed by atoms with E-state index in [2.05, 4.69) is 9.97 Å². The first-order chi connectivity index (χ1) is 11.5. The summed E-state index contributed by atoms with van der Waals surface area (Å²) in [5, 5.41) is 21.0. The zero-order valence-electron chi connectivity index (χ0n) is 12.9. The van der Waals surface area contributed by atoms with Crippen molar-refractivity contribution in [3.05, 3.63) is 58.0 Å². The van der Waals surface area contributed by atoms with Gasteiger partial charge in [-0.05, 0) is 48.2 Å². The number of H-pyrrole nitrogens is 1. The lowest BCUT2D eigenvalue weighted by molar-refractivity contribution is -0.383. The monoisotopic (exact) mass is 325 g/mol. The molecule has 7 nitrogen and oxygen atoms in total. The Morgan fingerprint density at radius 2 is 2.00 bits per heavy atom. The van der Waals surface area contributed by atoms with E-state index < -0.39 is 10.9 Å². The number of fused-ring (bicyclic) bond motifs is 1. The molecule has 3 rings (SSSR count). The molecule has 24 heavy (non-hydrogen) atoms. The van der Waals surface area contributed by atoms with Crippen LogP contribution in [-0.2, 0) is 11.2 Å². The molecule has 0 unspecified atom stereocenters. The van der Waals surface area contributed by atoms with Crippen LogP contribution < -0.4 is 0 Å². The zero-order valence-corrected chi connectivity index (χ0v) is 12.9. The van der Waals surface area contributed by atoms with Gasteiger partial charge in [-0.3, -0.25) is 19.9 Å². The number of nitrogens with zero attached hydrogens (tertiary/aromatic N) is 2. The summed E-state index contributed by atoms with van der Waals surface area (Å²) in [4.78, 5) is 28.9. The predicted octanol–water partition coefficient (Wildman–Crippen LogP) is 3.46. The van der Waals surface area contributed by atoms with Crippen molar-refractivity contribution in [2.24, 2.45) is 0 Å². The fraction of sp³-hybridized carbons (Fsp3) is 0.176. The number of nitro groups is 1. The molecule has 2 aromatic heterocycles. The van der Waals surface area contributed by atoms with E-state index in [1.54, 1.807) is 25.4 Å². The first kappa shape index (κ1) is 15.7. The fourth-order valence-electron chi connectivity index (χ4n) is 2.95. The molecule has 3 aromatic rings. The highest BCUT2D eigenvalue weighted by Gasteiger charge is 2.22. The van der Waals surface area contributed by atoms with Crippen molar-refractivity contribution in [3.8, 4) is 11.1 Å². The third-order valence-corrected chi connectivity index (χ3v) is 4.03. The van der Waals surface area contributed by atoms with Crippen LogP contribution in [0.3, 0.4) is 0 Å². The van der Waals surface area contributed by atoms with Gasteiger partial charge in [-0.15, -0.1) is 0 Å². The van der Waals surface area contributed by atoms with Crippen LogP contribution in [0.1, 0.15) is 17.7 Å². The maximum absolute atomic E-state index is 11.3.